The van der Waals surface area contributed by atoms with Gasteiger partial charge in [0, 0.05) is 29.1 Å². The topological polar surface area (TPSA) is 32.3 Å². The predicted octanol–water partition coefficient (Wildman–Crippen LogP) is 6.07. The molecule has 1 aliphatic heterocycles. The van der Waals surface area contributed by atoms with E-state index in [9.17, 15) is 9.18 Å². The van der Waals surface area contributed by atoms with Gasteiger partial charge >= 0.3 is 0 Å². The number of carbonyl (C=O) groups excluding carboxylic acids is 1. The number of rotatable bonds is 3. The maximum atomic E-state index is 13.5. The van der Waals surface area contributed by atoms with E-state index in [1.165, 1.54) is 12.1 Å². The number of benzene rings is 2. The van der Waals surface area contributed by atoms with E-state index in [1.54, 1.807) is 11.3 Å². The molecule has 0 saturated carbocycles. The minimum atomic E-state index is -0.242. The van der Waals surface area contributed by atoms with Crippen LogP contribution in [0.3, 0.4) is 0 Å². The third-order valence-corrected chi connectivity index (χ3v) is 6.54. The summed E-state index contributed by atoms with van der Waals surface area (Å²) in [4.78, 5) is 16.5. The summed E-state index contributed by atoms with van der Waals surface area (Å²) in [7, 11) is 0. The van der Waals surface area contributed by atoms with Crippen molar-refractivity contribution in [2.24, 2.45) is 0 Å². The Morgan fingerprint density at radius 2 is 1.86 bits per heavy atom. The highest BCUT2D eigenvalue weighted by Gasteiger charge is 2.37. The molecule has 1 unspecified atom stereocenters. The summed E-state index contributed by atoms with van der Waals surface area (Å²) in [6, 6.07) is 18.8. The smallest absolute Gasteiger partial charge is 0.163 e. The molecule has 3 aromatic rings. The van der Waals surface area contributed by atoms with E-state index in [1.807, 2.05) is 30.3 Å². The van der Waals surface area contributed by atoms with Crippen LogP contribution in [0.4, 0.5) is 15.8 Å². The van der Waals surface area contributed by atoms with E-state index in [2.05, 4.69) is 33.8 Å². The second-order valence-corrected chi connectivity index (χ2v) is 8.46. The molecule has 0 amide bonds. The molecule has 0 fully saturated rings. The summed E-state index contributed by atoms with van der Waals surface area (Å²) < 4.78 is 13.5. The first-order valence-corrected chi connectivity index (χ1v) is 10.8. The monoisotopic (exact) mass is 404 g/mol. The Morgan fingerprint density at radius 1 is 1.03 bits per heavy atom. The minimum Gasteiger partial charge on any atom is -0.357 e. The van der Waals surface area contributed by atoms with Crippen LogP contribution >= 0.6 is 11.3 Å². The zero-order chi connectivity index (χ0) is 19.8. The van der Waals surface area contributed by atoms with Crippen LogP contribution in [-0.2, 0) is 11.3 Å². The van der Waals surface area contributed by atoms with Crippen molar-refractivity contribution in [2.75, 3.05) is 10.2 Å². The first kappa shape index (κ1) is 18.1. The van der Waals surface area contributed by atoms with E-state index < -0.39 is 0 Å². The van der Waals surface area contributed by atoms with Crippen LogP contribution in [0.15, 0.2) is 77.3 Å². The van der Waals surface area contributed by atoms with E-state index in [0.29, 0.717) is 13.0 Å². The summed E-state index contributed by atoms with van der Waals surface area (Å²) in [5, 5.41) is 5.63. The normalized spacial score (nSPS) is 18.7. The molecule has 1 N–H and O–H groups in total. The minimum absolute atomic E-state index is 0.154. The lowest BCUT2D eigenvalue weighted by Gasteiger charge is -2.34. The van der Waals surface area contributed by atoms with Crippen LogP contribution in [0.5, 0.6) is 0 Å². The van der Waals surface area contributed by atoms with Gasteiger partial charge in [-0.05, 0) is 54.1 Å². The van der Waals surface area contributed by atoms with Gasteiger partial charge in [-0.15, -0.1) is 11.3 Å². The third-order valence-electron chi connectivity index (χ3n) is 5.62. The molecule has 0 saturated heterocycles. The number of thiophene rings is 1. The average Bonchev–Trinajstić information content (AvgIpc) is 3.21. The summed E-state index contributed by atoms with van der Waals surface area (Å²) in [6.07, 6.45) is 2.34. The highest BCUT2D eigenvalue weighted by atomic mass is 32.1. The Bertz CT molecular complexity index is 1070. The number of ketones is 1. The molecule has 29 heavy (non-hydrogen) atoms. The molecule has 2 aliphatic rings. The van der Waals surface area contributed by atoms with Crippen LogP contribution in [0, 0.1) is 5.82 Å². The fraction of sp³-hybridized carbons (Fsp3) is 0.208. The number of allylic oxidation sites excluding steroid dienone is 1. The number of halogens is 1. The molecule has 146 valence electrons. The first-order valence-electron chi connectivity index (χ1n) is 9.87. The van der Waals surface area contributed by atoms with E-state index in [4.69, 9.17) is 0 Å². The molecule has 2 aromatic carbocycles. The molecule has 5 rings (SSSR count). The van der Waals surface area contributed by atoms with Crippen molar-refractivity contribution >= 4 is 28.5 Å². The number of nitrogens with zero attached hydrogens (tertiary/aromatic N) is 1. The fourth-order valence-corrected chi connectivity index (χ4v) is 5.15. The van der Waals surface area contributed by atoms with Crippen LogP contribution in [0.1, 0.15) is 35.7 Å². The first-order chi connectivity index (χ1) is 14.2. The summed E-state index contributed by atoms with van der Waals surface area (Å²) >= 11 is 1.67. The summed E-state index contributed by atoms with van der Waals surface area (Å²) in [5.74, 6) is -0.0250. The highest BCUT2D eigenvalue weighted by molar-refractivity contribution is 7.10. The summed E-state index contributed by atoms with van der Waals surface area (Å²) in [6.45, 7) is 0.589. The Balaban J connectivity index is 1.70. The number of para-hydroxylation sites is 2. The van der Waals surface area contributed by atoms with Crippen molar-refractivity contribution in [2.45, 2.75) is 31.8 Å². The van der Waals surface area contributed by atoms with Gasteiger partial charge < -0.3 is 10.2 Å². The lowest BCUT2D eigenvalue weighted by atomic mass is 9.88. The van der Waals surface area contributed by atoms with Crippen molar-refractivity contribution in [1.29, 1.82) is 0 Å². The highest BCUT2D eigenvalue weighted by Crippen LogP contribution is 2.46. The zero-order valence-electron chi connectivity index (χ0n) is 15.9. The average molecular weight is 405 g/mol. The maximum Gasteiger partial charge on any atom is 0.163 e. The lowest BCUT2D eigenvalue weighted by Crippen LogP contribution is -2.32. The lowest BCUT2D eigenvalue weighted by molar-refractivity contribution is -0.116. The Kier molecular flexibility index (Phi) is 4.68. The molecule has 1 atom stereocenters. The quantitative estimate of drug-likeness (QED) is 0.575. The van der Waals surface area contributed by atoms with Crippen LogP contribution < -0.4 is 10.2 Å². The number of anilines is 2. The predicted molar refractivity (Wildman–Crippen MR) is 116 cm³/mol. The van der Waals surface area contributed by atoms with E-state index in [-0.39, 0.29) is 17.6 Å². The van der Waals surface area contributed by atoms with Gasteiger partial charge in [-0.3, -0.25) is 4.79 Å². The molecule has 5 heteroatoms. The number of nitrogens with one attached hydrogen (secondary N) is 1. The van der Waals surface area contributed by atoms with Crippen molar-refractivity contribution in [3.63, 3.8) is 0 Å². The van der Waals surface area contributed by atoms with Crippen LogP contribution in [0.25, 0.3) is 0 Å². The van der Waals surface area contributed by atoms with Crippen molar-refractivity contribution in [3.8, 4) is 0 Å². The van der Waals surface area contributed by atoms with Gasteiger partial charge in [0.15, 0.2) is 5.78 Å². The Labute approximate surface area is 173 Å². The van der Waals surface area contributed by atoms with Gasteiger partial charge in [0.25, 0.3) is 0 Å². The fourth-order valence-electron chi connectivity index (χ4n) is 4.30. The van der Waals surface area contributed by atoms with Crippen molar-refractivity contribution in [3.05, 3.63) is 93.6 Å². The van der Waals surface area contributed by atoms with Gasteiger partial charge in [0.1, 0.15) is 5.82 Å². The molecule has 0 spiro atoms. The number of hydrogen-bond acceptors (Lipinski definition) is 4. The molecule has 1 aromatic heterocycles. The SMILES string of the molecule is O=C1CCCC2=C1C(c1cccs1)N(Cc1ccc(F)cc1)c1ccccc1N2. The van der Waals surface area contributed by atoms with E-state index in [0.717, 1.165) is 45.9 Å². The van der Waals surface area contributed by atoms with Gasteiger partial charge in [-0.1, -0.05) is 30.3 Å². The van der Waals surface area contributed by atoms with Gasteiger partial charge in [0.05, 0.1) is 17.4 Å². The number of Topliss-reactive ketones (excluding diaryl/α,β-unsaturated/α-hetero) is 1. The largest absolute Gasteiger partial charge is 0.357 e. The maximum absolute atomic E-state index is 13.5. The number of fused-ring (bicyclic) bond motifs is 1. The van der Waals surface area contributed by atoms with Crippen LogP contribution in [-0.4, -0.2) is 5.78 Å². The standard InChI is InChI=1S/C24H21FN2OS/c25-17-12-10-16(11-13-17)15-27-20-7-2-1-5-18(20)26-19-6-3-8-21(28)23(19)24(27)22-9-4-14-29-22/h1-2,4-5,7,9-14,24,26H,3,6,8,15H2. The Morgan fingerprint density at radius 3 is 2.66 bits per heavy atom. The molecule has 0 bridgehead atoms. The Hall–Kier alpha value is -2.92. The second-order valence-electron chi connectivity index (χ2n) is 7.48. The van der Waals surface area contributed by atoms with E-state index >= 15 is 0 Å². The van der Waals surface area contributed by atoms with Crippen molar-refractivity contribution in [1.82, 2.24) is 0 Å². The third kappa shape index (κ3) is 3.36. The zero-order valence-corrected chi connectivity index (χ0v) is 16.7. The van der Waals surface area contributed by atoms with Gasteiger partial charge in [-0.2, -0.15) is 0 Å². The van der Waals surface area contributed by atoms with Crippen LogP contribution in [0.2, 0.25) is 0 Å². The second kappa shape index (κ2) is 7.48. The molecular formula is C24H21FN2OS. The molecular weight excluding hydrogens is 383 g/mol. The van der Waals surface area contributed by atoms with Gasteiger partial charge in [0.2, 0.25) is 0 Å². The van der Waals surface area contributed by atoms with Gasteiger partial charge in [-0.25, -0.2) is 4.39 Å². The summed E-state index contributed by atoms with van der Waals surface area (Å²) in [5.41, 5.74) is 4.98. The van der Waals surface area contributed by atoms with Crippen molar-refractivity contribution < 1.29 is 9.18 Å². The molecule has 3 nitrogen and oxygen atoms in total. The number of carbonyl (C=O) groups is 1. The molecule has 0 radical (unpaired) electrons. The molecule has 2 heterocycles. The number of hydrogen-bond donors (Lipinski definition) is 1. The molecule has 1 aliphatic carbocycles.